The lowest BCUT2D eigenvalue weighted by Gasteiger charge is -2.02. The third kappa shape index (κ3) is 2.98. The Morgan fingerprint density at radius 3 is 2.81 bits per heavy atom. The van der Waals surface area contributed by atoms with E-state index in [1.807, 2.05) is 0 Å². The topological polar surface area (TPSA) is 64.0 Å². The number of nitrogens with zero attached hydrogens (tertiary/aromatic N) is 2. The van der Waals surface area contributed by atoms with E-state index >= 15 is 0 Å². The van der Waals surface area contributed by atoms with Gasteiger partial charge < -0.3 is 4.57 Å². The van der Waals surface area contributed by atoms with Gasteiger partial charge in [0.2, 0.25) is 5.03 Å². The van der Waals surface area contributed by atoms with Crippen molar-refractivity contribution in [3.63, 3.8) is 0 Å². The maximum atomic E-state index is 11.7. The second kappa shape index (κ2) is 5.34. The Morgan fingerprint density at radius 1 is 1.62 bits per heavy atom. The SMILES string of the molecule is CC#CCCNS(=O)(=O)c1ncn(C)c1Cl. The number of rotatable bonds is 4. The number of nitrogens with one attached hydrogen (secondary N) is 1. The summed E-state index contributed by atoms with van der Waals surface area (Å²) in [6.45, 7) is 1.94. The van der Waals surface area contributed by atoms with Gasteiger partial charge in [0.25, 0.3) is 10.0 Å². The molecule has 88 valence electrons. The lowest BCUT2D eigenvalue weighted by Crippen LogP contribution is -2.25. The molecule has 0 spiro atoms. The molecule has 0 amide bonds. The summed E-state index contributed by atoms with van der Waals surface area (Å²) in [5.74, 6) is 5.44. The van der Waals surface area contributed by atoms with Crippen molar-refractivity contribution in [2.75, 3.05) is 6.54 Å². The Kier molecular flexibility index (Phi) is 4.35. The first-order valence-electron chi connectivity index (χ1n) is 4.55. The zero-order valence-electron chi connectivity index (χ0n) is 8.99. The van der Waals surface area contributed by atoms with Crippen LogP contribution >= 0.6 is 11.6 Å². The summed E-state index contributed by atoms with van der Waals surface area (Å²) in [6, 6.07) is 0. The Balaban J connectivity index is 2.77. The summed E-state index contributed by atoms with van der Waals surface area (Å²) in [5, 5.41) is -0.0600. The molecule has 1 N–H and O–H groups in total. The van der Waals surface area contributed by atoms with Gasteiger partial charge >= 0.3 is 0 Å². The average Bonchev–Trinajstić information content (AvgIpc) is 2.55. The largest absolute Gasteiger partial charge is 0.324 e. The van der Waals surface area contributed by atoms with Crippen LogP contribution in [-0.4, -0.2) is 24.5 Å². The molecule has 0 atom stereocenters. The minimum absolute atomic E-state index is 0.0917. The number of sulfonamides is 1. The minimum atomic E-state index is -3.63. The molecule has 5 nitrogen and oxygen atoms in total. The third-order valence-electron chi connectivity index (χ3n) is 1.81. The number of imidazole rings is 1. The summed E-state index contributed by atoms with van der Waals surface area (Å²) >= 11 is 5.79. The molecule has 1 aromatic heterocycles. The van der Waals surface area contributed by atoms with E-state index in [4.69, 9.17) is 11.6 Å². The molecule has 0 unspecified atom stereocenters. The normalized spacial score (nSPS) is 10.9. The zero-order valence-corrected chi connectivity index (χ0v) is 10.6. The molecule has 0 aliphatic heterocycles. The fourth-order valence-electron chi connectivity index (χ4n) is 1.02. The van der Waals surface area contributed by atoms with Crippen LogP contribution in [0.2, 0.25) is 5.15 Å². The number of hydrogen-bond acceptors (Lipinski definition) is 3. The number of aromatic nitrogens is 2. The second-order valence-electron chi connectivity index (χ2n) is 3.03. The van der Waals surface area contributed by atoms with Crippen LogP contribution in [0.4, 0.5) is 0 Å². The molecule has 1 rings (SSSR count). The van der Waals surface area contributed by atoms with Gasteiger partial charge in [0, 0.05) is 20.0 Å². The van der Waals surface area contributed by atoms with Gasteiger partial charge in [0.15, 0.2) is 0 Å². The van der Waals surface area contributed by atoms with E-state index in [-0.39, 0.29) is 16.7 Å². The molecule has 0 aromatic carbocycles. The molecule has 0 radical (unpaired) electrons. The zero-order chi connectivity index (χ0) is 12.2. The molecular weight excluding hydrogens is 250 g/mol. The number of aryl methyl sites for hydroxylation is 1. The summed E-state index contributed by atoms with van der Waals surface area (Å²) in [4.78, 5) is 3.73. The highest BCUT2D eigenvalue weighted by Gasteiger charge is 2.21. The maximum Gasteiger partial charge on any atom is 0.261 e. The molecule has 0 aliphatic rings. The monoisotopic (exact) mass is 261 g/mol. The van der Waals surface area contributed by atoms with E-state index in [2.05, 4.69) is 21.5 Å². The molecule has 1 aromatic rings. The van der Waals surface area contributed by atoms with Crippen molar-refractivity contribution in [2.45, 2.75) is 18.4 Å². The van der Waals surface area contributed by atoms with Gasteiger partial charge in [-0.05, 0) is 6.92 Å². The molecule has 0 aliphatic carbocycles. The first kappa shape index (κ1) is 13.0. The van der Waals surface area contributed by atoms with Gasteiger partial charge in [0.1, 0.15) is 5.15 Å². The Hall–Kier alpha value is -1.03. The molecular formula is C9H12ClN3O2S. The number of halogens is 1. The summed E-state index contributed by atoms with van der Waals surface area (Å²) in [6.07, 6.45) is 1.81. The molecule has 0 fully saturated rings. The summed E-state index contributed by atoms with van der Waals surface area (Å²) in [7, 11) is -2.01. The molecule has 7 heteroatoms. The summed E-state index contributed by atoms with van der Waals surface area (Å²) < 4.78 is 27.2. The minimum Gasteiger partial charge on any atom is -0.324 e. The van der Waals surface area contributed by atoms with Gasteiger partial charge in [-0.3, -0.25) is 0 Å². The van der Waals surface area contributed by atoms with E-state index in [9.17, 15) is 8.42 Å². The Morgan fingerprint density at radius 2 is 2.31 bits per heavy atom. The highest BCUT2D eigenvalue weighted by molar-refractivity contribution is 7.89. The fourth-order valence-corrected chi connectivity index (χ4v) is 2.47. The molecule has 0 bridgehead atoms. The molecule has 1 heterocycles. The first-order chi connectivity index (χ1) is 7.49. The van der Waals surface area contributed by atoms with Gasteiger partial charge in [-0.15, -0.1) is 11.8 Å². The van der Waals surface area contributed by atoms with Crippen molar-refractivity contribution < 1.29 is 8.42 Å². The van der Waals surface area contributed by atoms with Crippen LogP contribution in [-0.2, 0) is 17.1 Å². The van der Waals surface area contributed by atoms with Crippen LogP contribution in [0.5, 0.6) is 0 Å². The lowest BCUT2D eigenvalue weighted by molar-refractivity contribution is 0.579. The highest BCUT2D eigenvalue weighted by Crippen LogP contribution is 2.17. The van der Waals surface area contributed by atoms with Crippen molar-refractivity contribution in [3.05, 3.63) is 11.5 Å². The lowest BCUT2D eigenvalue weighted by atomic mass is 10.4. The van der Waals surface area contributed by atoms with E-state index < -0.39 is 10.0 Å². The smallest absolute Gasteiger partial charge is 0.261 e. The van der Waals surface area contributed by atoms with Crippen molar-refractivity contribution in [1.82, 2.24) is 14.3 Å². The maximum absolute atomic E-state index is 11.7. The predicted molar refractivity (Wildman–Crippen MR) is 61.5 cm³/mol. The Bertz CT molecular complexity index is 525. The molecule has 0 saturated carbocycles. The second-order valence-corrected chi connectivity index (χ2v) is 5.07. The average molecular weight is 262 g/mol. The number of hydrogen-bond donors (Lipinski definition) is 1. The van der Waals surface area contributed by atoms with Gasteiger partial charge in [-0.2, -0.15) is 0 Å². The van der Waals surface area contributed by atoms with Crippen LogP contribution in [0.25, 0.3) is 0 Å². The first-order valence-corrected chi connectivity index (χ1v) is 6.41. The fraction of sp³-hybridized carbons (Fsp3) is 0.444. The standard InChI is InChI=1S/C9H12ClN3O2S/c1-3-4-5-6-12-16(14,15)9-8(10)13(2)7-11-9/h7,12H,5-6H2,1-2H3. The molecule has 0 saturated heterocycles. The van der Waals surface area contributed by atoms with Crippen molar-refractivity contribution in [2.24, 2.45) is 7.05 Å². The highest BCUT2D eigenvalue weighted by atomic mass is 35.5. The van der Waals surface area contributed by atoms with E-state index in [0.29, 0.717) is 6.42 Å². The Labute approximate surface area is 99.9 Å². The van der Waals surface area contributed by atoms with Gasteiger partial charge in [-0.1, -0.05) is 11.6 Å². The van der Waals surface area contributed by atoms with Crippen LogP contribution in [0.15, 0.2) is 11.4 Å². The summed E-state index contributed by atoms with van der Waals surface area (Å²) in [5.41, 5.74) is 0. The quantitative estimate of drug-likeness (QED) is 0.643. The predicted octanol–water partition coefficient (Wildman–Crippen LogP) is 0.765. The van der Waals surface area contributed by atoms with E-state index in [1.54, 1.807) is 14.0 Å². The van der Waals surface area contributed by atoms with Crippen LogP contribution < -0.4 is 4.72 Å². The van der Waals surface area contributed by atoms with Crippen LogP contribution in [0, 0.1) is 11.8 Å². The van der Waals surface area contributed by atoms with E-state index in [0.717, 1.165) is 0 Å². The van der Waals surface area contributed by atoms with Gasteiger partial charge in [0.05, 0.1) is 6.33 Å². The van der Waals surface area contributed by atoms with Crippen LogP contribution in [0.3, 0.4) is 0 Å². The van der Waals surface area contributed by atoms with Gasteiger partial charge in [-0.25, -0.2) is 18.1 Å². The van der Waals surface area contributed by atoms with E-state index in [1.165, 1.54) is 10.9 Å². The third-order valence-corrected chi connectivity index (χ3v) is 3.76. The van der Waals surface area contributed by atoms with Crippen molar-refractivity contribution in [1.29, 1.82) is 0 Å². The molecule has 16 heavy (non-hydrogen) atoms. The van der Waals surface area contributed by atoms with Crippen LogP contribution in [0.1, 0.15) is 13.3 Å². The van der Waals surface area contributed by atoms with Crippen molar-refractivity contribution >= 4 is 21.6 Å². The van der Waals surface area contributed by atoms with Crippen molar-refractivity contribution in [3.8, 4) is 11.8 Å².